The van der Waals surface area contributed by atoms with Gasteiger partial charge in [-0.3, -0.25) is 9.59 Å². The van der Waals surface area contributed by atoms with Crippen molar-refractivity contribution < 1.29 is 19.4 Å². The van der Waals surface area contributed by atoms with Crippen LogP contribution in [0.4, 0.5) is 0 Å². The minimum atomic E-state index is -1.02. The summed E-state index contributed by atoms with van der Waals surface area (Å²) in [5.41, 5.74) is 1.68. The summed E-state index contributed by atoms with van der Waals surface area (Å²) in [4.78, 5) is 27.5. The van der Waals surface area contributed by atoms with Gasteiger partial charge in [-0.15, -0.1) is 5.10 Å². The second kappa shape index (κ2) is 7.08. The van der Waals surface area contributed by atoms with Crippen molar-refractivity contribution in [3.05, 3.63) is 83.7 Å². The van der Waals surface area contributed by atoms with Crippen molar-refractivity contribution in [1.82, 2.24) is 25.1 Å². The quantitative estimate of drug-likeness (QED) is 0.600. The van der Waals surface area contributed by atoms with Gasteiger partial charge in [-0.25, -0.2) is 0 Å². The number of nitrogens with zero attached hydrogens (tertiary/aromatic N) is 5. The lowest BCUT2D eigenvalue weighted by Gasteiger charge is -2.29. The summed E-state index contributed by atoms with van der Waals surface area (Å²) in [5.74, 6) is -2.49. The second-order valence-corrected chi connectivity index (χ2v) is 8.75. The number of ether oxygens (including phenoxy) is 1. The monoisotopic (exact) mass is 443 g/mol. The topological polar surface area (TPSA) is 110 Å². The number of fused-ring (bicyclic) bond motifs is 1. The first-order valence-electron chi connectivity index (χ1n) is 10.8. The van der Waals surface area contributed by atoms with Gasteiger partial charge in [0.2, 0.25) is 5.91 Å². The molecule has 4 heterocycles. The van der Waals surface area contributed by atoms with Crippen molar-refractivity contribution in [2.75, 3.05) is 6.54 Å². The van der Waals surface area contributed by atoms with Crippen molar-refractivity contribution in [3.8, 4) is 5.69 Å². The molecule has 1 aromatic heterocycles. The molecule has 33 heavy (non-hydrogen) atoms. The summed E-state index contributed by atoms with van der Waals surface area (Å²) >= 11 is 0. The van der Waals surface area contributed by atoms with Gasteiger partial charge in [-0.1, -0.05) is 60.7 Å². The van der Waals surface area contributed by atoms with Gasteiger partial charge in [0.1, 0.15) is 17.6 Å². The predicted octanol–water partition coefficient (Wildman–Crippen LogP) is 1.93. The van der Waals surface area contributed by atoms with Crippen LogP contribution in [0.15, 0.2) is 66.7 Å². The molecule has 166 valence electrons. The molecule has 0 aliphatic carbocycles. The highest BCUT2D eigenvalue weighted by atomic mass is 16.5. The maximum atomic E-state index is 13.8. The average molecular weight is 443 g/mol. The number of rotatable bonds is 5. The van der Waals surface area contributed by atoms with Crippen LogP contribution < -0.4 is 0 Å². The number of likely N-dealkylation sites (tertiary alicyclic amines) is 1. The highest BCUT2D eigenvalue weighted by molar-refractivity contribution is 5.91. The van der Waals surface area contributed by atoms with E-state index in [-0.39, 0.29) is 12.5 Å². The molecule has 2 aromatic carbocycles. The van der Waals surface area contributed by atoms with Gasteiger partial charge in [0.15, 0.2) is 5.82 Å². The molecule has 1 N–H and O–H groups in total. The minimum absolute atomic E-state index is 0.230. The molecule has 9 heteroatoms. The number of hydrogen-bond acceptors (Lipinski definition) is 6. The average Bonchev–Trinajstić information content (AvgIpc) is 3.57. The molecule has 3 aliphatic rings. The van der Waals surface area contributed by atoms with Crippen molar-refractivity contribution in [2.45, 2.75) is 24.7 Å². The van der Waals surface area contributed by atoms with Crippen LogP contribution in [-0.4, -0.2) is 60.3 Å². The van der Waals surface area contributed by atoms with Gasteiger partial charge in [0.25, 0.3) is 0 Å². The molecule has 3 aromatic rings. The smallest absolute Gasteiger partial charge is 0.310 e. The lowest BCUT2D eigenvalue weighted by Crippen LogP contribution is -2.39. The van der Waals surface area contributed by atoms with E-state index in [0.29, 0.717) is 5.82 Å². The van der Waals surface area contributed by atoms with Gasteiger partial charge < -0.3 is 14.7 Å². The van der Waals surface area contributed by atoms with E-state index >= 15 is 0 Å². The molecule has 0 radical (unpaired) electrons. The normalized spacial score (nSPS) is 28.3. The molecule has 2 bridgehead atoms. The van der Waals surface area contributed by atoms with Gasteiger partial charge in [-0.2, -0.15) is 4.68 Å². The predicted molar refractivity (Wildman–Crippen MR) is 115 cm³/mol. The van der Waals surface area contributed by atoms with Crippen LogP contribution in [0.1, 0.15) is 23.0 Å². The third-order valence-corrected chi connectivity index (χ3v) is 6.92. The maximum Gasteiger partial charge on any atom is 0.310 e. The highest BCUT2D eigenvalue weighted by Gasteiger charge is 2.68. The molecular formula is C24H21N5O4. The Hall–Kier alpha value is -3.85. The van der Waals surface area contributed by atoms with Crippen LogP contribution >= 0.6 is 0 Å². The zero-order chi connectivity index (χ0) is 22.7. The van der Waals surface area contributed by atoms with E-state index in [1.54, 1.807) is 15.7 Å². The maximum absolute atomic E-state index is 13.8. The summed E-state index contributed by atoms with van der Waals surface area (Å²) < 4.78 is 7.73. The van der Waals surface area contributed by atoms with Crippen molar-refractivity contribution in [3.63, 3.8) is 0 Å². The number of carbonyl (C=O) groups excluding carboxylic acids is 1. The van der Waals surface area contributed by atoms with Gasteiger partial charge in [0.05, 0.1) is 24.3 Å². The Morgan fingerprint density at radius 3 is 2.70 bits per heavy atom. The number of hydrogen-bond donors (Lipinski definition) is 1. The van der Waals surface area contributed by atoms with Gasteiger partial charge >= 0.3 is 5.97 Å². The van der Waals surface area contributed by atoms with Crippen LogP contribution in [0.2, 0.25) is 0 Å². The van der Waals surface area contributed by atoms with Crippen LogP contribution in [0, 0.1) is 18.8 Å². The van der Waals surface area contributed by atoms with Crippen molar-refractivity contribution >= 4 is 11.9 Å². The number of benzene rings is 2. The van der Waals surface area contributed by atoms with Crippen molar-refractivity contribution in [1.29, 1.82) is 0 Å². The molecule has 1 spiro atoms. The minimum Gasteiger partial charge on any atom is -0.481 e. The third-order valence-electron chi connectivity index (χ3n) is 6.92. The third kappa shape index (κ3) is 2.78. The van der Waals surface area contributed by atoms with E-state index < -0.39 is 35.6 Å². The fraction of sp³-hybridized carbons (Fsp3) is 0.292. The Labute approximate surface area is 189 Å². The number of carbonyl (C=O) groups is 2. The highest BCUT2D eigenvalue weighted by Crippen LogP contribution is 2.53. The Kier molecular flexibility index (Phi) is 4.25. The van der Waals surface area contributed by atoms with E-state index in [0.717, 1.165) is 16.8 Å². The molecule has 9 nitrogen and oxygen atoms in total. The van der Waals surface area contributed by atoms with Crippen LogP contribution in [0.25, 0.3) is 5.69 Å². The van der Waals surface area contributed by atoms with E-state index in [1.165, 1.54) is 0 Å². The van der Waals surface area contributed by atoms with Gasteiger partial charge in [0, 0.05) is 0 Å². The largest absolute Gasteiger partial charge is 0.481 e. The van der Waals surface area contributed by atoms with E-state index in [2.05, 4.69) is 15.5 Å². The number of aryl methyl sites for hydroxylation is 1. The number of carboxylic acids is 1. The fourth-order valence-corrected chi connectivity index (χ4v) is 5.47. The molecule has 2 saturated heterocycles. The molecule has 5 atom stereocenters. The molecule has 6 rings (SSSR count). The number of aliphatic carboxylic acids is 1. The SMILES string of the molecule is Cc1ccccc1-n1nnnc1[C@@H](c1ccccc1)N1C[C@@]23C=C[C@@H](O2)[C@@H](C(=O)O)[C@@H]3C1=O. The lowest BCUT2D eigenvalue weighted by molar-refractivity contribution is -0.148. The van der Waals surface area contributed by atoms with Crippen LogP contribution in [0.5, 0.6) is 0 Å². The summed E-state index contributed by atoms with van der Waals surface area (Å²) in [5, 5.41) is 22.3. The molecule has 1 amide bonds. The summed E-state index contributed by atoms with van der Waals surface area (Å²) in [7, 11) is 0. The van der Waals surface area contributed by atoms with Crippen molar-refractivity contribution in [2.24, 2.45) is 11.8 Å². The van der Waals surface area contributed by atoms with E-state index in [9.17, 15) is 14.7 Å². The molecule has 3 aliphatic heterocycles. The van der Waals surface area contributed by atoms with Gasteiger partial charge in [-0.05, 0) is 34.5 Å². The molecular weight excluding hydrogens is 422 g/mol. The first kappa shape index (κ1) is 19.8. The van der Waals surface area contributed by atoms with E-state index in [1.807, 2.05) is 67.6 Å². The Bertz CT molecular complexity index is 1290. The van der Waals surface area contributed by atoms with Crippen LogP contribution in [0.3, 0.4) is 0 Å². The number of carboxylic acid groups (broad SMARTS) is 1. The summed E-state index contributed by atoms with van der Waals surface area (Å²) in [6, 6.07) is 16.7. The number of aromatic nitrogens is 4. The lowest BCUT2D eigenvalue weighted by atomic mass is 9.77. The van der Waals surface area contributed by atoms with E-state index in [4.69, 9.17) is 4.74 Å². The number of amides is 1. The Morgan fingerprint density at radius 1 is 1.18 bits per heavy atom. The standard InChI is InChI=1S/C24H21N5O4/c1-14-7-5-6-10-16(14)29-21(25-26-27-29)20(15-8-3-2-4-9-15)28-13-24-12-11-17(33-24)18(23(31)32)19(24)22(28)30/h2-12,17-20H,13H2,1H3,(H,31,32)/t17-,18-,19-,20-,24-/m1/s1. The molecule has 2 fully saturated rings. The zero-order valence-electron chi connectivity index (χ0n) is 17.8. The number of para-hydroxylation sites is 1. The first-order valence-corrected chi connectivity index (χ1v) is 10.8. The first-order chi connectivity index (χ1) is 16.0. The molecule has 0 unspecified atom stereocenters. The number of tetrazole rings is 1. The summed E-state index contributed by atoms with van der Waals surface area (Å²) in [6.45, 7) is 2.20. The van der Waals surface area contributed by atoms with Crippen LogP contribution in [-0.2, 0) is 14.3 Å². The molecule has 0 saturated carbocycles. The Morgan fingerprint density at radius 2 is 1.94 bits per heavy atom. The fourth-order valence-electron chi connectivity index (χ4n) is 5.47. The second-order valence-electron chi connectivity index (χ2n) is 8.75. The summed E-state index contributed by atoms with van der Waals surface area (Å²) in [6.07, 6.45) is 3.04. The Balaban J connectivity index is 1.49. The zero-order valence-corrected chi connectivity index (χ0v) is 17.8.